The third-order valence-electron chi connectivity index (χ3n) is 3.48. The maximum atomic E-state index is 9.83. The first-order valence-electron chi connectivity index (χ1n) is 7.69. The van der Waals surface area contributed by atoms with E-state index in [0.717, 1.165) is 5.56 Å². The molecule has 1 rings (SSSR count). The molecule has 0 bridgehead atoms. The zero-order valence-corrected chi connectivity index (χ0v) is 13.1. The molecule has 0 fully saturated rings. The first kappa shape index (κ1) is 18.7. The van der Waals surface area contributed by atoms with Gasteiger partial charge < -0.3 is 20.1 Å². The first-order chi connectivity index (χ1) is 10.6. The van der Waals surface area contributed by atoms with Crippen molar-refractivity contribution >= 4 is 0 Å². The van der Waals surface area contributed by atoms with Crippen molar-refractivity contribution in [2.45, 2.75) is 45.0 Å². The average molecular weight is 306 g/mol. The zero-order chi connectivity index (χ0) is 16.2. The van der Waals surface area contributed by atoms with Gasteiger partial charge in [0.15, 0.2) is 0 Å². The molecule has 3 atom stereocenters. The highest BCUT2D eigenvalue weighted by Gasteiger charge is 2.21. The van der Waals surface area contributed by atoms with Crippen molar-refractivity contribution in [1.82, 2.24) is 0 Å². The van der Waals surface area contributed by atoms with Gasteiger partial charge in [-0.25, -0.2) is 0 Å². The molecule has 4 nitrogen and oxygen atoms in total. The van der Waals surface area contributed by atoms with Gasteiger partial charge >= 0.3 is 0 Å². The summed E-state index contributed by atoms with van der Waals surface area (Å²) in [4.78, 5) is 0. The monoisotopic (exact) mass is 306 g/mol. The first-order valence-corrected chi connectivity index (χ1v) is 7.69. The van der Waals surface area contributed by atoms with Crippen LogP contribution in [0.15, 0.2) is 30.3 Å². The highest BCUT2D eigenvalue weighted by Crippen LogP contribution is 2.13. The molecule has 0 unspecified atom stereocenters. The Morgan fingerprint density at radius 3 is 2.55 bits per heavy atom. The van der Waals surface area contributed by atoms with Crippen LogP contribution < -0.4 is 0 Å². The predicted octanol–water partition coefficient (Wildman–Crippen LogP) is 1.73. The highest BCUT2D eigenvalue weighted by molar-refractivity contribution is 5.13. The summed E-state index contributed by atoms with van der Waals surface area (Å²) in [5, 5.41) is 28.4. The molecular formula is C18H26O4. The largest absolute Gasteiger partial charge is 0.396 e. The van der Waals surface area contributed by atoms with E-state index in [0.29, 0.717) is 26.1 Å². The molecule has 122 valence electrons. The van der Waals surface area contributed by atoms with Crippen LogP contribution in [-0.2, 0) is 11.3 Å². The summed E-state index contributed by atoms with van der Waals surface area (Å²) in [6.07, 6.45) is -0.425. The normalized spacial score (nSPS) is 14.7. The number of benzene rings is 1. The SMILES string of the molecule is C[C@H](CCO)[C@@H](O)[C@H](O)CC#CCCOCc1ccccc1. The lowest BCUT2D eigenvalue weighted by molar-refractivity contribution is -0.0151. The van der Waals surface area contributed by atoms with Crippen LogP contribution >= 0.6 is 0 Å². The van der Waals surface area contributed by atoms with Crippen molar-refractivity contribution in [1.29, 1.82) is 0 Å². The minimum absolute atomic E-state index is 0.00930. The van der Waals surface area contributed by atoms with Crippen molar-refractivity contribution in [3.8, 4) is 11.8 Å². The molecule has 1 aromatic carbocycles. The summed E-state index contributed by atoms with van der Waals surface area (Å²) in [7, 11) is 0. The van der Waals surface area contributed by atoms with E-state index in [2.05, 4.69) is 11.8 Å². The van der Waals surface area contributed by atoms with Gasteiger partial charge in [-0.05, 0) is 17.9 Å². The minimum Gasteiger partial charge on any atom is -0.396 e. The summed E-state index contributed by atoms with van der Waals surface area (Å²) in [6, 6.07) is 9.94. The Labute approximate surface area is 132 Å². The second-order valence-corrected chi connectivity index (χ2v) is 5.39. The zero-order valence-electron chi connectivity index (χ0n) is 13.1. The molecule has 0 aliphatic carbocycles. The smallest absolute Gasteiger partial charge is 0.0910 e. The Morgan fingerprint density at radius 2 is 1.86 bits per heavy atom. The highest BCUT2D eigenvalue weighted by atomic mass is 16.5. The summed E-state index contributed by atoms with van der Waals surface area (Å²) in [5.41, 5.74) is 1.13. The predicted molar refractivity (Wildman–Crippen MR) is 86.0 cm³/mol. The maximum Gasteiger partial charge on any atom is 0.0910 e. The van der Waals surface area contributed by atoms with Gasteiger partial charge in [0.1, 0.15) is 0 Å². The molecule has 1 aromatic rings. The molecule has 0 radical (unpaired) electrons. The lowest BCUT2D eigenvalue weighted by Gasteiger charge is -2.21. The summed E-state index contributed by atoms with van der Waals surface area (Å²) in [6.45, 7) is 2.92. The third kappa shape index (κ3) is 7.58. The Kier molecular flexibility index (Phi) is 9.52. The van der Waals surface area contributed by atoms with Crippen molar-refractivity contribution in [3.63, 3.8) is 0 Å². The molecule has 0 amide bonds. The molecule has 0 saturated heterocycles. The van der Waals surface area contributed by atoms with Crippen LogP contribution in [0.5, 0.6) is 0 Å². The van der Waals surface area contributed by atoms with Crippen LogP contribution in [0.1, 0.15) is 31.7 Å². The average Bonchev–Trinajstić information content (AvgIpc) is 2.54. The van der Waals surface area contributed by atoms with Gasteiger partial charge in [0.2, 0.25) is 0 Å². The van der Waals surface area contributed by atoms with E-state index < -0.39 is 12.2 Å². The Balaban J connectivity index is 2.14. The minimum atomic E-state index is -0.876. The fourth-order valence-corrected chi connectivity index (χ4v) is 2.03. The standard InChI is InChI=1S/C18H26O4/c1-15(11-12-19)18(21)17(20)10-6-3-7-13-22-14-16-8-4-2-5-9-16/h2,4-5,8-9,15,17-21H,7,10-14H2,1H3/t15-,17-,18-/m1/s1. The summed E-state index contributed by atoms with van der Waals surface area (Å²) in [5.74, 6) is 5.65. The van der Waals surface area contributed by atoms with Gasteiger partial charge in [-0.15, -0.1) is 11.8 Å². The molecule has 0 spiro atoms. The molecule has 0 aromatic heterocycles. The number of rotatable bonds is 9. The van der Waals surface area contributed by atoms with Crippen LogP contribution in [0.4, 0.5) is 0 Å². The number of aliphatic hydroxyl groups excluding tert-OH is 3. The van der Waals surface area contributed by atoms with E-state index >= 15 is 0 Å². The van der Waals surface area contributed by atoms with Crippen LogP contribution in [0, 0.1) is 17.8 Å². The van der Waals surface area contributed by atoms with Crippen molar-refractivity contribution in [2.24, 2.45) is 5.92 Å². The van der Waals surface area contributed by atoms with Crippen molar-refractivity contribution in [3.05, 3.63) is 35.9 Å². The van der Waals surface area contributed by atoms with Gasteiger partial charge in [-0.2, -0.15) is 0 Å². The van der Waals surface area contributed by atoms with Gasteiger partial charge in [0.25, 0.3) is 0 Å². The van der Waals surface area contributed by atoms with E-state index in [1.807, 2.05) is 30.3 Å². The Morgan fingerprint density at radius 1 is 1.14 bits per heavy atom. The molecule has 0 heterocycles. The second kappa shape index (κ2) is 11.2. The fraction of sp³-hybridized carbons (Fsp3) is 0.556. The molecule has 4 heteroatoms. The van der Waals surface area contributed by atoms with Gasteiger partial charge in [-0.1, -0.05) is 37.3 Å². The molecular weight excluding hydrogens is 280 g/mol. The number of hydrogen-bond acceptors (Lipinski definition) is 4. The van der Waals surface area contributed by atoms with Crippen molar-refractivity contribution < 1.29 is 20.1 Å². The number of ether oxygens (including phenoxy) is 1. The second-order valence-electron chi connectivity index (χ2n) is 5.39. The van der Waals surface area contributed by atoms with Crippen LogP contribution in [-0.4, -0.2) is 40.7 Å². The Hall–Kier alpha value is -1.38. The van der Waals surface area contributed by atoms with Crippen LogP contribution in [0.3, 0.4) is 0 Å². The molecule has 22 heavy (non-hydrogen) atoms. The fourth-order valence-electron chi connectivity index (χ4n) is 2.03. The summed E-state index contributed by atoms with van der Waals surface area (Å²) >= 11 is 0. The van der Waals surface area contributed by atoms with E-state index in [-0.39, 0.29) is 18.9 Å². The Bertz CT molecular complexity index is 449. The van der Waals surface area contributed by atoms with Crippen LogP contribution in [0.25, 0.3) is 0 Å². The van der Waals surface area contributed by atoms with E-state index in [1.54, 1.807) is 6.92 Å². The topological polar surface area (TPSA) is 69.9 Å². The van der Waals surface area contributed by atoms with E-state index in [9.17, 15) is 10.2 Å². The van der Waals surface area contributed by atoms with Gasteiger partial charge in [0, 0.05) is 19.4 Å². The maximum absolute atomic E-state index is 9.83. The lowest BCUT2D eigenvalue weighted by atomic mass is 9.95. The lowest BCUT2D eigenvalue weighted by Crippen LogP contribution is -2.32. The van der Waals surface area contributed by atoms with Crippen molar-refractivity contribution in [2.75, 3.05) is 13.2 Å². The van der Waals surface area contributed by atoms with Gasteiger partial charge in [0.05, 0.1) is 25.4 Å². The van der Waals surface area contributed by atoms with E-state index in [4.69, 9.17) is 9.84 Å². The molecule has 0 saturated carbocycles. The molecule has 0 aliphatic rings. The van der Waals surface area contributed by atoms with Gasteiger partial charge in [-0.3, -0.25) is 0 Å². The molecule has 3 N–H and O–H groups in total. The quantitative estimate of drug-likeness (QED) is 0.480. The summed E-state index contributed by atoms with van der Waals surface area (Å²) < 4.78 is 5.50. The van der Waals surface area contributed by atoms with Crippen LogP contribution in [0.2, 0.25) is 0 Å². The number of hydrogen-bond donors (Lipinski definition) is 3. The molecule has 0 aliphatic heterocycles. The third-order valence-corrected chi connectivity index (χ3v) is 3.48. The van der Waals surface area contributed by atoms with E-state index in [1.165, 1.54) is 0 Å². The number of aliphatic hydroxyl groups is 3.